The van der Waals surface area contributed by atoms with Crippen LogP contribution in [-0.4, -0.2) is 42.9 Å². The van der Waals surface area contributed by atoms with Crippen molar-refractivity contribution in [1.29, 1.82) is 0 Å². The van der Waals surface area contributed by atoms with Crippen LogP contribution in [0, 0.1) is 13.8 Å². The Morgan fingerprint density at radius 3 is 2.50 bits per heavy atom. The molecule has 120 valence electrons. The molecule has 1 heterocycles. The highest BCUT2D eigenvalue weighted by Crippen LogP contribution is 2.24. The van der Waals surface area contributed by atoms with Crippen molar-refractivity contribution in [3.8, 4) is 0 Å². The Labute approximate surface area is 128 Å². The molecule has 8 heteroatoms. The van der Waals surface area contributed by atoms with Crippen molar-refractivity contribution < 1.29 is 23.1 Å². The molecule has 1 fully saturated rings. The van der Waals surface area contributed by atoms with Gasteiger partial charge in [0.15, 0.2) is 0 Å². The number of aryl methyl sites for hydroxylation is 1. The van der Waals surface area contributed by atoms with Crippen LogP contribution in [0.2, 0.25) is 0 Å². The summed E-state index contributed by atoms with van der Waals surface area (Å²) in [6, 6.07) is 1.91. The number of carboxylic acids is 1. The Bertz CT molecular complexity index is 742. The summed E-state index contributed by atoms with van der Waals surface area (Å²) in [4.78, 5) is 24.9. The Morgan fingerprint density at radius 1 is 1.32 bits per heavy atom. The zero-order valence-electron chi connectivity index (χ0n) is 12.4. The summed E-state index contributed by atoms with van der Waals surface area (Å²) in [5, 5.41) is 14.3. The molecule has 1 amide bonds. The number of amides is 1. The van der Waals surface area contributed by atoms with Crippen LogP contribution in [0.1, 0.15) is 34.3 Å². The average molecular weight is 326 g/mol. The predicted molar refractivity (Wildman–Crippen MR) is 79.0 cm³/mol. The maximum atomic E-state index is 12.5. The number of aliphatic carboxylic acids is 1. The van der Waals surface area contributed by atoms with Crippen LogP contribution in [-0.2, 0) is 14.8 Å². The maximum Gasteiger partial charge on any atom is 0.326 e. The SMILES string of the molecule is Cc1cc(C(=O)N2CCC[C@H]2C(=O)O)cc(S(N)(=O)=O)c1C. The molecule has 0 radical (unpaired) electrons. The van der Waals surface area contributed by atoms with E-state index in [9.17, 15) is 18.0 Å². The number of sulfonamides is 1. The molecule has 1 atom stereocenters. The molecule has 0 aromatic heterocycles. The molecule has 22 heavy (non-hydrogen) atoms. The number of nitrogens with two attached hydrogens (primary N) is 1. The van der Waals surface area contributed by atoms with Crippen molar-refractivity contribution >= 4 is 21.9 Å². The van der Waals surface area contributed by atoms with Crippen LogP contribution < -0.4 is 5.14 Å². The number of carboxylic acid groups (broad SMARTS) is 1. The van der Waals surface area contributed by atoms with Gasteiger partial charge in [0.05, 0.1) is 4.90 Å². The number of likely N-dealkylation sites (tertiary alicyclic amines) is 1. The van der Waals surface area contributed by atoms with Gasteiger partial charge in [0, 0.05) is 12.1 Å². The first-order chi connectivity index (χ1) is 10.1. The lowest BCUT2D eigenvalue weighted by Crippen LogP contribution is -2.40. The molecule has 1 aliphatic heterocycles. The number of carbonyl (C=O) groups excluding carboxylic acids is 1. The zero-order valence-corrected chi connectivity index (χ0v) is 13.2. The van der Waals surface area contributed by atoms with Crippen LogP contribution in [0.25, 0.3) is 0 Å². The van der Waals surface area contributed by atoms with E-state index in [0.29, 0.717) is 30.5 Å². The normalized spacial score (nSPS) is 18.5. The summed E-state index contributed by atoms with van der Waals surface area (Å²) in [5.41, 5.74) is 1.23. The van der Waals surface area contributed by atoms with Gasteiger partial charge in [-0.2, -0.15) is 0 Å². The van der Waals surface area contributed by atoms with Gasteiger partial charge in [0.25, 0.3) is 5.91 Å². The Morgan fingerprint density at radius 2 is 1.95 bits per heavy atom. The van der Waals surface area contributed by atoms with Gasteiger partial charge in [-0.05, 0) is 49.9 Å². The fourth-order valence-electron chi connectivity index (χ4n) is 2.68. The summed E-state index contributed by atoms with van der Waals surface area (Å²) >= 11 is 0. The largest absolute Gasteiger partial charge is 0.480 e. The van der Waals surface area contributed by atoms with Gasteiger partial charge in [0.2, 0.25) is 10.0 Å². The number of rotatable bonds is 3. The molecule has 1 aromatic carbocycles. The number of hydrogen-bond donors (Lipinski definition) is 2. The molecular formula is C14H18N2O5S. The van der Waals surface area contributed by atoms with E-state index >= 15 is 0 Å². The highest BCUT2D eigenvalue weighted by atomic mass is 32.2. The van der Waals surface area contributed by atoms with E-state index in [1.807, 2.05) is 0 Å². The van der Waals surface area contributed by atoms with Gasteiger partial charge < -0.3 is 10.0 Å². The minimum absolute atomic E-state index is 0.109. The van der Waals surface area contributed by atoms with E-state index < -0.39 is 27.9 Å². The van der Waals surface area contributed by atoms with Gasteiger partial charge in [-0.15, -0.1) is 0 Å². The van der Waals surface area contributed by atoms with E-state index in [1.54, 1.807) is 19.9 Å². The van der Waals surface area contributed by atoms with Crippen molar-refractivity contribution in [2.45, 2.75) is 37.6 Å². The first-order valence-corrected chi connectivity index (χ1v) is 8.35. The van der Waals surface area contributed by atoms with Crippen LogP contribution >= 0.6 is 0 Å². The number of nitrogens with zero attached hydrogens (tertiary/aromatic N) is 1. The lowest BCUT2D eigenvalue weighted by Gasteiger charge is -2.22. The summed E-state index contributed by atoms with van der Waals surface area (Å²) in [5.74, 6) is -1.54. The number of carbonyl (C=O) groups is 2. The van der Waals surface area contributed by atoms with E-state index in [2.05, 4.69) is 0 Å². The van der Waals surface area contributed by atoms with E-state index in [0.717, 1.165) is 0 Å². The van der Waals surface area contributed by atoms with Crippen molar-refractivity contribution in [2.24, 2.45) is 5.14 Å². The molecular weight excluding hydrogens is 308 g/mol. The van der Waals surface area contributed by atoms with Crippen LogP contribution in [0.4, 0.5) is 0 Å². The molecule has 1 saturated heterocycles. The fourth-order valence-corrected chi connectivity index (χ4v) is 3.56. The second kappa shape index (κ2) is 5.69. The van der Waals surface area contributed by atoms with Gasteiger partial charge >= 0.3 is 5.97 Å². The molecule has 0 spiro atoms. The lowest BCUT2D eigenvalue weighted by atomic mass is 10.0. The van der Waals surface area contributed by atoms with E-state index in [4.69, 9.17) is 10.2 Å². The first kappa shape index (κ1) is 16.4. The summed E-state index contributed by atoms with van der Waals surface area (Å²) in [7, 11) is -3.95. The van der Waals surface area contributed by atoms with Crippen molar-refractivity contribution in [2.75, 3.05) is 6.54 Å². The summed E-state index contributed by atoms with van der Waals surface area (Å²) < 4.78 is 23.3. The van der Waals surface area contributed by atoms with Crippen molar-refractivity contribution in [3.05, 3.63) is 28.8 Å². The molecule has 1 aliphatic rings. The fraction of sp³-hybridized carbons (Fsp3) is 0.429. The maximum absolute atomic E-state index is 12.5. The molecule has 3 N–H and O–H groups in total. The van der Waals surface area contributed by atoms with Gasteiger partial charge in [-0.25, -0.2) is 18.4 Å². The zero-order chi connectivity index (χ0) is 16.7. The predicted octanol–water partition coefficient (Wildman–Crippen LogP) is 0.640. The highest BCUT2D eigenvalue weighted by molar-refractivity contribution is 7.89. The van der Waals surface area contributed by atoms with Crippen molar-refractivity contribution in [1.82, 2.24) is 4.90 Å². The molecule has 0 aliphatic carbocycles. The van der Waals surface area contributed by atoms with Crippen LogP contribution in [0.5, 0.6) is 0 Å². The Hall–Kier alpha value is -1.93. The standard InChI is InChI=1S/C14H18N2O5S/c1-8-6-10(7-12(9(8)2)22(15,20)21)13(17)16-5-3-4-11(16)14(18)19/h6-7,11H,3-5H2,1-2H3,(H,18,19)(H2,15,20,21)/t11-/m0/s1. The monoisotopic (exact) mass is 326 g/mol. The quantitative estimate of drug-likeness (QED) is 0.845. The second-order valence-corrected chi connectivity index (χ2v) is 6.99. The number of hydrogen-bond acceptors (Lipinski definition) is 4. The Kier molecular flexibility index (Phi) is 4.25. The van der Waals surface area contributed by atoms with Crippen LogP contribution in [0.3, 0.4) is 0 Å². The van der Waals surface area contributed by atoms with Gasteiger partial charge in [-0.1, -0.05) is 0 Å². The minimum Gasteiger partial charge on any atom is -0.480 e. The lowest BCUT2D eigenvalue weighted by molar-refractivity contribution is -0.141. The number of primary sulfonamides is 1. The smallest absolute Gasteiger partial charge is 0.326 e. The summed E-state index contributed by atoms with van der Waals surface area (Å²) in [6.45, 7) is 3.63. The van der Waals surface area contributed by atoms with E-state index in [-0.39, 0.29) is 10.5 Å². The van der Waals surface area contributed by atoms with Crippen LogP contribution in [0.15, 0.2) is 17.0 Å². The average Bonchev–Trinajstić information content (AvgIpc) is 2.88. The van der Waals surface area contributed by atoms with Gasteiger partial charge in [-0.3, -0.25) is 4.79 Å². The molecule has 1 aromatic rings. The van der Waals surface area contributed by atoms with E-state index in [1.165, 1.54) is 11.0 Å². The minimum atomic E-state index is -3.95. The third-order valence-electron chi connectivity index (χ3n) is 3.97. The highest BCUT2D eigenvalue weighted by Gasteiger charge is 2.34. The number of benzene rings is 1. The van der Waals surface area contributed by atoms with Crippen molar-refractivity contribution in [3.63, 3.8) is 0 Å². The third kappa shape index (κ3) is 2.97. The molecule has 7 nitrogen and oxygen atoms in total. The first-order valence-electron chi connectivity index (χ1n) is 6.80. The molecule has 0 saturated carbocycles. The molecule has 0 bridgehead atoms. The third-order valence-corrected chi connectivity index (χ3v) is 5.01. The molecule has 0 unspecified atom stereocenters. The molecule has 2 rings (SSSR count). The Balaban J connectivity index is 2.47. The summed E-state index contributed by atoms with van der Waals surface area (Å²) in [6.07, 6.45) is 1.00. The van der Waals surface area contributed by atoms with Gasteiger partial charge in [0.1, 0.15) is 6.04 Å². The second-order valence-electron chi connectivity index (χ2n) is 5.46. The topological polar surface area (TPSA) is 118 Å².